The van der Waals surface area contributed by atoms with E-state index in [9.17, 15) is 10.1 Å². The number of aromatic nitrogens is 1. The van der Waals surface area contributed by atoms with Gasteiger partial charge in [0, 0.05) is 28.9 Å². The van der Waals surface area contributed by atoms with E-state index in [1.165, 1.54) is 0 Å². The molecule has 1 aromatic heterocycles. The zero-order chi connectivity index (χ0) is 27.0. The first-order valence-electron chi connectivity index (χ1n) is 12.1. The lowest BCUT2D eigenvalue weighted by Crippen LogP contribution is -2.52. The molecular formula is C29H31ClN4O3. The van der Waals surface area contributed by atoms with Gasteiger partial charge in [-0.3, -0.25) is 4.79 Å². The summed E-state index contributed by atoms with van der Waals surface area (Å²) in [5, 5.41) is 13.3. The summed E-state index contributed by atoms with van der Waals surface area (Å²) in [7, 11) is 0. The number of ether oxygens (including phenoxy) is 2. The monoisotopic (exact) mass is 518 g/mol. The number of benzene rings is 2. The molecule has 1 amide bonds. The van der Waals surface area contributed by atoms with Gasteiger partial charge in [-0.2, -0.15) is 5.26 Å². The van der Waals surface area contributed by atoms with Crippen LogP contribution in [0.1, 0.15) is 62.0 Å². The van der Waals surface area contributed by atoms with Gasteiger partial charge < -0.3 is 20.5 Å². The Morgan fingerprint density at radius 2 is 1.86 bits per heavy atom. The fourth-order valence-corrected chi connectivity index (χ4v) is 5.23. The second-order valence-corrected chi connectivity index (χ2v) is 11.1. The van der Waals surface area contributed by atoms with Crippen LogP contribution >= 0.6 is 11.6 Å². The van der Waals surface area contributed by atoms with Crippen LogP contribution in [-0.4, -0.2) is 28.1 Å². The number of aryl methyl sites for hydroxylation is 1. The maximum atomic E-state index is 13.0. The van der Waals surface area contributed by atoms with E-state index in [4.69, 9.17) is 26.8 Å². The quantitative estimate of drug-likeness (QED) is 0.403. The molecule has 3 aromatic rings. The highest BCUT2D eigenvalue weighted by molar-refractivity contribution is 6.32. The van der Waals surface area contributed by atoms with Crippen LogP contribution in [0, 0.1) is 18.3 Å². The Bertz CT molecular complexity index is 1380. The summed E-state index contributed by atoms with van der Waals surface area (Å²) >= 11 is 6.52. The summed E-state index contributed by atoms with van der Waals surface area (Å²) in [6.45, 7) is 9.99. The van der Waals surface area contributed by atoms with Gasteiger partial charge in [0.1, 0.15) is 28.9 Å². The Kier molecular flexibility index (Phi) is 7.18. The van der Waals surface area contributed by atoms with Crippen LogP contribution in [0.3, 0.4) is 0 Å². The van der Waals surface area contributed by atoms with Crippen molar-refractivity contribution in [1.29, 1.82) is 5.26 Å². The van der Waals surface area contributed by atoms with Crippen molar-refractivity contribution in [3.8, 4) is 28.7 Å². The van der Waals surface area contributed by atoms with Crippen LogP contribution in [0.15, 0.2) is 48.7 Å². The standard InChI is InChI=1S/C29H31ClN4O3/c1-17-11-19(16-33-26(17)32)21-7-6-8-24(22(21)15-31)36-25-10-9-18(12-23(25)30)27(35)34-20-13-28(2,3)37-29(4,5)14-20/h6-12,16,20H,13-14H2,1-5H3,(H2,32,33)(H,34,35). The molecule has 0 radical (unpaired) electrons. The first-order chi connectivity index (χ1) is 17.4. The number of hydrogen-bond acceptors (Lipinski definition) is 6. The highest BCUT2D eigenvalue weighted by Gasteiger charge is 2.39. The molecule has 2 aromatic carbocycles. The SMILES string of the molecule is Cc1cc(-c2cccc(Oc3ccc(C(=O)NC4CC(C)(C)OC(C)(C)C4)cc3Cl)c2C#N)cnc1N. The minimum absolute atomic E-state index is 0.0201. The molecule has 7 nitrogen and oxygen atoms in total. The van der Waals surface area contributed by atoms with E-state index in [0.717, 1.165) is 11.1 Å². The van der Waals surface area contributed by atoms with Gasteiger partial charge in [0.15, 0.2) is 0 Å². The third-order valence-electron chi connectivity index (χ3n) is 6.35. The molecule has 0 spiro atoms. The number of amides is 1. The van der Waals surface area contributed by atoms with Crippen molar-refractivity contribution < 1.29 is 14.3 Å². The number of pyridine rings is 1. The molecule has 2 heterocycles. The largest absolute Gasteiger partial charge is 0.454 e. The summed E-state index contributed by atoms with van der Waals surface area (Å²) in [4.78, 5) is 17.2. The lowest BCUT2D eigenvalue weighted by Gasteiger charge is -2.45. The molecule has 0 atom stereocenters. The number of nitrogens with two attached hydrogens (primary N) is 1. The van der Waals surface area contributed by atoms with E-state index in [-0.39, 0.29) is 28.2 Å². The molecule has 1 fully saturated rings. The van der Waals surface area contributed by atoms with E-state index in [1.54, 1.807) is 36.5 Å². The summed E-state index contributed by atoms with van der Waals surface area (Å²) in [6, 6.07) is 14.3. The van der Waals surface area contributed by atoms with Crippen molar-refractivity contribution in [3.05, 3.63) is 70.4 Å². The average molecular weight is 519 g/mol. The molecular weight excluding hydrogens is 488 g/mol. The van der Waals surface area contributed by atoms with E-state index < -0.39 is 0 Å². The van der Waals surface area contributed by atoms with Gasteiger partial charge in [-0.05, 0) is 83.4 Å². The number of carbonyl (C=O) groups is 1. The Morgan fingerprint density at radius 1 is 1.16 bits per heavy atom. The third kappa shape index (κ3) is 6.04. The van der Waals surface area contributed by atoms with E-state index in [0.29, 0.717) is 46.8 Å². The van der Waals surface area contributed by atoms with Gasteiger partial charge >= 0.3 is 0 Å². The lowest BCUT2D eigenvalue weighted by atomic mass is 9.85. The third-order valence-corrected chi connectivity index (χ3v) is 6.64. The fraction of sp³-hybridized carbons (Fsp3) is 0.345. The van der Waals surface area contributed by atoms with Crippen molar-refractivity contribution in [2.24, 2.45) is 0 Å². The second-order valence-electron chi connectivity index (χ2n) is 10.7. The number of anilines is 1. The Hall–Kier alpha value is -3.60. The van der Waals surface area contributed by atoms with Crippen molar-refractivity contribution >= 4 is 23.3 Å². The van der Waals surface area contributed by atoms with E-state index in [1.807, 2.05) is 46.8 Å². The zero-order valence-corrected chi connectivity index (χ0v) is 22.4. The molecule has 0 bridgehead atoms. The number of nitrogens with zero attached hydrogens (tertiary/aromatic N) is 2. The lowest BCUT2D eigenvalue weighted by molar-refractivity contribution is -0.162. The van der Waals surface area contributed by atoms with Crippen LogP contribution in [0.2, 0.25) is 5.02 Å². The number of nitrogen functional groups attached to an aromatic ring is 1. The van der Waals surface area contributed by atoms with Crippen molar-refractivity contribution in [2.75, 3.05) is 5.73 Å². The minimum Gasteiger partial charge on any atom is -0.454 e. The maximum Gasteiger partial charge on any atom is 0.251 e. The molecule has 192 valence electrons. The molecule has 0 unspecified atom stereocenters. The van der Waals surface area contributed by atoms with Gasteiger partial charge in [-0.1, -0.05) is 23.7 Å². The van der Waals surface area contributed by atoms with E-state index in [2.05, 4.69) is 16.4 Å². The molecule has 3 N–H and O–H groups in total. The molecule has 37 heavy (non-hydrogen) atoms. The van der Waals surface area contributed by atoms with Gasteiger partial charge in [0.2, 0.25) is 0 Å². The van der Waals surface area contributed by atoms with Gasteiger partial charge in [-0.25, -0.2) is 4.98 Å². The van der Waals surface area contributed by atoms with E-state index >= 15 is 0 Å². The number of hydrogen-bond donors (Lipinski definition) is 2. The molecule has 0 saturated carbocycles. The first-order valence-corrected chi connectivity index (χ1v) is 12.5. The van der Waals surface area contributed by atoms with Crippen LogP contribution < -0.4 is 15.8 Å². The Labute approximate surface area is 222 Å². The zero-order valence-electron chi connectivity index (χ0n) is 21.7. The molecule has 0 aliphatic carbocycles. The van der Waals surface area contributed by atoms with Crippen LogP contribution in [0.5, 0.6) is 11.5 Å². The summed E-state index contributed by atoms with van der Waals surface area (Å²) < 4.78 is 12.2. The van der Waals surface area contributed by atoms with Gasteiger partial charge in [-0.15, -0.1) is 0 Å². The minimum atomic E-state index is -0.330. The Morgan fingerprint density at radius 3 is 2.49 bits per heavy atom. The van der Waals surface area contributed by atoms with Crippen molar-refractivity contribution in [1.82, 2.24) is 10.3 Å². The van der Waals surface area contributed by atoms with Crippen molar-refractivity contribution in [2.45, 2.75) is 64.7 Å². The molecule has 4 rings (SSSR count). The molecule has 8 heteroatoms. The number of halogens is 1. The highest BCUT2D eigenvalue weighted by Crippen LogP contribution is 2.37. The number of carbonyl (C=O) groups excluding carboxylic acids is 1. The normalized spacial score (nSPS) is 16.6. The summed E-state index contributed by atoms with van der Waals surface area (Å²) in [5.74, 6) is 0.916. The average Bonchev–Trinajstić information content (AvgIpc) is 2.79. The predicted octanol–water partition coefficient (Wildman–Crippen LogP) is 6.42. The maximum absolute atomic E-state index is 13.0. The highest BCUT2D eigenvalue weighted by atomic mass is 35.5. The number of nitrogens with one attached hydrogen (secondary N) is 1. The Balaban J connectivity index is 1.54. The van der Waals surface area contributed by atoms with Crippen molar-refractivity contribution in [3.63, 3.8) is 0 Å². The van der Waals surface area contributed by atoms with Crippen LogP contribution in [0.4, 0.5) is 5.82 Å². The smallest absolute Gasteiger partial charge is 0.251 e. The summed E-state index contributed by atoms with van der Waals surface area (Å²) in [5.41, 5.74) is 8.20. The molecule has 1 saturated heterocycles. The second kappa shape index (κ2) is 10.0. The van der Waals surface area contributed by atoms with Gasteiger partial charge in [0.05, 0.1) is 16.2 Å². The fourth-order valence-electron chi connectivity index (χ4n) is 5.01. The predicted molar refractivity (Wildman–Crippen MR) is 145 cm³/mol. The molecule has 1 aliphatic heterocycles. The number of nitriles is 1. The molecule has 1 aliphatic rings. The summed E-state index contributed by atoms with van der Waals surface area (Å²) in [6.07, 6.45) is 3.06. The number of rotatable bonds is 5. The first kappa shape index (κ1) is 26.5. The van der Waals surface area contributed by atoms with Crippen LogP contribution in [0.25, 0.3) is 11.1 Å². The van der Waals surface area contributed by atoms with Crippen LogP contribution in [-0.2, 0) is 4.74 Å². The topological polar surface area (TPSA) is 110 Å². The van der Waals surface area contributed by atoms with Gasteiger partial charge in [0.25, 0.3) is 5.91 Å².